The average molecular weight is 617 g/mol. The highest BCUT2D eigenvalue weighted by atomic mass is 32.1. The number of hydrogen-bond donors (Lipinski definition) is 1. The summed E-state index contributed by atoms with van der Waals surface area (Å²) in [5.41, 5.74) is 21.7. The first-order valence-corrected chi connectivity index (χ1v) is 17.0. The van der Waals surface area contributed by atoms with E-state index in [1.165, 1.54) is 88.7 Å². The molecule has 0 radical (unpaired) electrons. The smallest absolute Gasteiger partial charge is 0.143 e. The number of fused-ring (bicyclic) bond motifs is 4. The van der Waals surface area contributed by atoms with Crippen molar-refractivity contribution in [3.8, 4) is 44.5 Å². The van der Waals surface area contributed by atoms with Crippen LogP contribution in [0, 0.1) is 6.92 Å². The maximum atomic E-state index is 4.87. The molecule has 0 bridgehead atoms. The third-order valence-corrected chi connectivity index (χ3v) is 10.8. The molecule has 0 atom stereocenters. The predicted molar refractivity (Wildman–Crippen MR) is 203 cm³/mol. The first-order valence-electron chi connectivity index (χ1n) is 16.5. The standard InChI is InChI=1S/C45H33BS/c1-29-12-8-9-17-36(29)32-20-22-34-24-40-38(30-13-4-2-5-14-30)28-39(31-15-6-3-7-16-31)41-25-35-23-21-33(37-18-10-11-19-44(37)47)27-43(35)46(45(40)41)42(34)26-32/h2-23,26-28,47H,24-25H2,1H3. The molecule has 2 aliphatic heterocycles. The van der Waals surface area contributed by atoms with Crippen molar-refractivity contribution >= 4 is 35.7 Å². The lowest BCUT2D eigenvalue weighted by molar-refractivity contribution is 1.15. The molecule has 7 aromatic carbocycles. The van der Waals surface area contributed by atoms with Crippen LogP contribution in [-0.2, 0) is 12.8 Å². The molecule has 0 unspecified atom stereocenters. The molecular weight excluding hydrogens is 583 g/mol. The number of thiol groups is 1. The van der Waals surface area contributed by atoms with E-state index in [2.05, 4.69) is 159 Å². The van der Waals surface area contributed by atoms with Crippen LogP contribution < -0.4 is 16.4 Å². The molecule has 0 spiro atoms. The van der Waals surface area contributed by atoms with Gasteiger partial charge in [0.1, 0.15) is 0 Å². The van der Waals surface area contributed by atoms with Gasteiger partial charge in [0.25, 0.3) is 0 Å². The molecule has 2 aliphatic rings. The minimum absolute atomic E-state index is 0.134. The molecule has 47 heavy (non-hydrogen) atoms. The molecule has 9 rings (SSSR count). The Hall–Kier alpha value is -5.05. The van der Waals surface area contributed by atoms with Crippen LogP contribution in [0.5, 0.6) is 0 Å². The van der Waals surface area contributed by atoms with E-state index in [4.69, 9.17) is 12.6 Å². The van der Waals surface area contributed by atoms with E-state index in [-0.39, 0.29) is 6.71 Å². The van der Waals surface area contributed by atoms with E-state index in [9.17, 15) is 0 Å². The topological polar surface area (TPSA) is 0 Å². The highest BCUT2D eigenvalue weighted by molar-refractivity contribution is 7.80. The zero-order valence-corrected chi connectivity index (χ0v) is 27.3. The van der Waals surface area contributed by atoms with Gasteiger partial charge >= 0.3 is 0 Å². The Labute approximate surface area is 283 Å². The minimum atomic E-state index is 0.134. The summed E-state index contributed by atoms with van der Waals surface area (Å²) < 4.78 is 0. The van der Waals surface area contributed by atoms with Gasteiger partial charge in [0, 0.05) is 4.90 Å². The van der Waals surface area contributed by atoms with Crippen LogP contribution in [-0.4, -0.2) is 6.71 Å². The molecule has 0 aromatic heterocycles. The van der Waals surface area contributed by atoms with Crippen LogP contribution in [0.3, 0.4) is 0 Å². The van der Waals surface area contributed by atoms with E-state index >= 15 is 0 Å². The summed E-state index contributed by atoms with van der Waals surface area (Å²) in [6.45, 7) is 2.35. The van der Waals surface area contributed by atoms with Gasteiger partial charge in [0.05, 0.1) is 0 Å². The Balaban J connectivity index is 1.36. The fraction of sp³-hybridized carbons (Fsp3) is 0.0667. The summed E-state index contributed by atoms with van der Waals surface area (Å²) >= 11 is 4.87. The molecular formula is C45H33BS. The fourth-order valence-electron chi connectivity index (χ4n) is 8.13. The summed E-state index contributed by atoms with van der Waals surface area (Å²) in [6.07, 6.45) is 1.85. The number of benzene rings is 7. The minimum Gasteiger partial charge on any atom is -0.143 e. The summed E-state index contributed by atoms with van der Waals surface area (Å²) in [5.74, 6) is 0. The molecule has 0 aliphatic carbocycles. The monoisotopic (exact) mass is 616 g/mol. The van der Waals surface area contributed by atoms with Crippen molar-refractivity contribution in [3.63, 3.8) is 0 Å². The zero-order valence-electron chi connectivity index (χ0n) is 26.4. The van der Waals surface area contributed by atoms with Crippen molar-refractivity contribution in [2.75, 3.05) is 0 Å². The maximum Gasteiger partial charge on any atom is 0.242 e. The Morgan fingerprint density at radius 1 is 0.447 bits per heavy atom. The molecule has 0 saturated carbocycles. The van der Waals surface area contributed by atoms with Crippen LogP contribution in [0.1, 0.15) is 27.8 Å². The fourth-order valence-corrected chi connectivity index (χ4v) is 8.42. The zero-order chi connectivity index (χ0) is 31.5. The van der Waals surface area contributed by atoms with Gasteiger partial charge < -0.3 is 0 Å². The molecule has 2 heterocycles. The SMILES string of the molecule is Cc1ccccc1-c1ccc2c(c1)B1c3cc(-c4ccccc4S)ccc3Cc3c(-c4ccccc4)cc(-c4ccccc4)c(c31)C2. The Bertz CT molecular complexity index is 2160. The number of rotatable bonds is 4. The lowest BCUT2D eigenvalue weighted by Gasteiger charge is -2.37. The van der Waals surface area contributed by atoms with E-state index in [0.717, 1.165) is 17.7 Å². The lowest BCUT2D eigenvalue weighted by atomic mass is 9.30. The molecule has 0 N–H and O–H groups in total. The second kappa shape index (κ2) is 11.3. The molecule has 0 amide bonds. The van der Waals surface area contributed by atoms with E-state index in [0.29, 0.717) is 0 Å². The average Bonchev–Trinajstić information content (AvgIpc) is 3.12. The highest BCUT2D eigenvalue weighted by Gasteiger charge is 2.39. The van der Waals surface area contributed by atoms with Gasteiger partial charge in [0.15, 0.2) is 0 Å². The van der Waals surface area contributed by atoms with Crippen molar-refractivity contribution in [1.82, 2.24) is 0 Å². The molecule has 0 saturated heterocycles. The molecule has 0 fully saturated rings. The number of hydrogen-bond acceptors (Lipinski definition) is 1. The van der Waals surface area contributed by atoms with Crippen LogP contribution in [0.2, 0.25) is 0 Å². The Morgan fingerprint density at radius 3 is 1.49 bits per heavy atom. The van der Waals surface area contributed by atoms with Crippen LogP contribution >= 0.6 is 12.6 Å². The lowest BCUT2D eigenvalue weighted by Crippen LogP contribution is -2.61. The van der Waals surface area contributed by atoms with E-state index < -0.39 is 0 Å². The predicted octanol–water partition coefficient (Wildman–Crippen LogP) is 9.28. The summed E-state index contributed by atoms with van der Waals surface area (Å²) in [7, 11) is 0. The van der Waals surface area contributed by atoms with Crippen molar-refractivity contribution < 1.29 is 0 Å². The van der Waals surface area contributed by atoms with Crippen molar-refractivity contribution in [3.05, 3.63) is 179 Å². The second-order valence-electron chi connectivity index (χ2n) is 13.0. The van der Waals surface area contributed by atoms with Crippen molar-refractivity contribution in [2.45, 2.75) is 24.7 Å². The van der Waals surface area contributed by atoms with Gasteiger partial charge in [-0.15, -0.1) is 12.6 Å². The molecule has 7 aromatic rings. The molecule has 222 valence electrons. The first-order chi connectivity index (χ1) is 23.1. The van der Waals surface area contributed by atoms with E-state index in [1.807, 2.05) is 0 Å². The van der Waals surface area contributed by atoms with Crippen LogP contribution in [0.25, 0.3) is 44.5 Å². The number of aryl methyl sites for hydroxylation is 1. The first kappa shape index (κ1) is 28.2. The molecule has 2 heteroatoms. The van der Waals surface area contributed by atoms with Crippen molar-refractivity contribution in [2.24, 2.45) is 0 Å². The van der Waals surface area contributed by atoms with Gasteiger partial charge in [-0.2, -0.15) is 0 Å². The summed E-state index contributed by atoms with van der Waals surface area (Å²) in [5, 5.41) is 0. The highest BCUT2D eigenvalue weighted by Crippen LogP contribution is 2.38. The largest absolute Gasteiger partial charge is 0.242 e. The van der Waals surface area contributed by atoms with Gasteiger partial charge in [-0.1, -0.05) is 156 Å². The van der Waals surface area contributed by atoms with Crippen LogP contribution in [0.15, 0.2) is 157 Å². The second-order valence-corrected chi connectivity index (χ2v) is 13.5. The Kier molecular flexibility index (Phi) is 6.80. The van der Waals surface area contributed by atoms with E-state index in [1.54, 1.807) is 0 Å². The third-order valence-electron chi connectivity index (χ3n) is 10.4. The summed E-state index contributed by atoms with van der Waals surface area (Å²) in [6, 6.07) is 56.1. The van der Waals surface area contributed by atoms with Crippen molar-refractivity contribution in [1.29, 1.82) is 0 Å². The Morgan fingerprint density at radius 2 is 0.936 bits per heavy atom. The van der Waals surface area contributed by atoms with Gasteiger partial charge in [-0.3, -0.25) is 0 Å². The normalized spacial score (nSPS) is 12.7. The maximum absolute atomic E-state index is 4.87. The summed E-state index contributed by atoms with van der Waals surface area (Å²) in [4.78, 5) is 1.01. The van der Waals surface area contributed by atoms with Gasteiger partial charge in [-0.05, 0) is 104 Å². The van der Waals surface area contributed by atoms with Gasteiger partial charge in [-0.25, -0.2) is 0 Å². The van der Waals surface area contributed by atoms with Crippen LogP contribution in [0.4, 0.5) is 0 Å². The van der Waals surface area contributed by atoms with Gasteiger partial charge in [0.2, 0.25) is 6.71 Å². The quantitative estimate of drug-likeness (QED) is 0.148. The molecule has 0 nitrogen and oxygen atoms in total. The third kappa shape index (κ3) is 4.70.